The average Bonchev–Trinajstić information content (AvgIpc) is 3.67. The molecule has 0 bridgehead atoms. The maximum absolute atomic E-state index is 15.4. The molecule has 5 nitrogen and oxygen atoms in total. The molecule has 0 aromatic heterocycles. The third-order valence-corrected chi connectivity index (χ3v) is 11.2. The molecule has 2 aliphatic heterocycles. The van der Waals surface area contributed by atoms with Gasteiger partial charge in [-0.15, -0.1) is 6.42 Å². The summed E-state index contributed by atoms with van der Waals surface area (Å²) in [5.41, 5.74) is 2.68. The van der Waals surface area contributed by atoms with Crippen LogP contribution in [0.15, 0.2) is 47.1 Å². The molecule has 7 rings (SSSR count). The Morgan fingerprint density at radius 2 is 1.62 bits per heavy atom. The standard InChI is InChI=1S/C33H38F2O5/c1-4-33(34,35)32(36)14-12-27-25-10-7-22-19-31(39-17-18-40-31)13-11-24(22)28(25)26(20-29(27,32)2)21-5-8-23(9-6-21)30(3)37-15-16-38-30/h1,5-6,8-9,19,25-27,36H,7,10-18,20H2,2-3H3/t25?,26?,27?,29-,32-/m0/s1. The molecule has 1 spiro atoms. The molecule has 2 saturated carbocycles. The molecule has 2 heterocycles. The van der Waals surface area contributed by atoms with E-state index in [1.165, 1.54) is 16.7 Å². The van der Waals surface area contributed by atoms with Crippen molar-refractivity contribution in [2.24, 2.45) is 17.3 Å². The third kappa shape index (κ3) is 3.63. The van der Waals surface area contributed by atoms with E-state index in [9.17, 15) is 5.11 Å². The predicted molar refractivity (Wildman–Crippen MR) is 144 cm³/mol. The van der Waals surface area contributed by atoms with Crippen molar-refractivity contribution < 1.29 is 32.8 Å². The van der Waals surface area contributed by atoms with Gasteiger partial charge < -0.3 is 24.1 Å². The van der Waals surface area contributed by atoms with Gasteiger partial charge in [0, 0.05) is 23.3 Å². The number of rotatable bonds is 3. The summed E-state index contributed by atoms with van der Waals surface area (Å²) in [6.07, 6.45) is 11.8. The molecular weight excluding hydrogens is 514 g/mol. The van der Waals surface area contributed by atoms with E-state index in [0.29, 0.717) is 39.3 Å². The average molecular weight is 553 g/mol. The second-order valence-corrected chi connectivity index (χ2v) is 12.9. The molecule has 4 aliphatic carbocycles. The summed E-state index contributed by atoms with van der Waals surface area (Å²) in [5.74, 6) is -3.43. The molecule has 1 aromatic rings. The van der Waals surface area contributed by atoms with Crippen molar-refractivity contribution in [1.82, 2.24) is 0 Å². The monoisotopic (exact) mass is 552 g/mol. The quantitative estimate of drug-likeness (QED) is 0.468. The van der Waals surface area contributed by atoms with Crippen molar-refractivity contribution in [3.8, 4) is 12.3 Å². The number of ether oxygens (including phenoxy) is 4. The van der Waals surface area contributed by atoms with E-state index in [1.807, 2.05) is 26.0 Å². The number of hydrogen-bond donors (Lipinski definition) is 1. The zero-order valence-corrected chi connectivity index (χ0v) is 23.3. The van der Waals surface area contributed by atoms with E-state index in [-0.39, 0.29) is 24.2 Å². The Bertz CT molecular complexity index is 1300. The van der Waals surface area contributed by atoms with Gasteiger partial charge in [0.15, 0.2) is 11.6 Å². The minimum Gasteiger partial charge on any atom is -0.382 e. The summed E-state index contributed by atoms with van der Waals surface area (Å²) in [6, 6.07) is 8.23. The Balaban J connectivity index is 1.35. The van der Waals surface area contributed by atoms with Crippen LogP contribution in [0.1, 0.15) is 75.8 Å². The molecule has 0 amide bonds. The fourth-order valence-corrected chi connectivity index (χ4v) is 9.12. The first-order valence-corrected chi connectivity index (χ1v) is 14.7. The minimum atomic E-state index is -3.60. The summed E-state index contributed by atoms with van der Waals surface area (Å²) >= 11 is 0. The van der Waals surface area contributed by atoms with Gasteiger partial charge in [0.25, 0.3) is 0 Å². The van der Waals surface area contributed by atoms with Crippen LogP contribution in [0.3, 0.4) is 0 Å². The van der Waals surface area contributed by atoms with Gasteiger partial charge in [-0.3, -0.25) is 0 Å². The maximum atomic E-state index is 15.4. The van der Waals surface area contributed by atoms with Crippen molar-refractivity contribution in [2.75, 3.05) is 26.4 Å². The highest BCUT2D eigenvalue weighted by Crippen LogP contribution is 2.69. The first-order chi connectivity index (χ1) is 19.0. The van der Waals surface area contributed by atoms with Gasteiger partial charge in [0.1, 0.15) is 5.60 Å². The van der Waals surface area contributed by atoms with Crippen LogP contribution in [0.25, 0.3) is 0 Å². The Kier molecular flexibility index (Phi) is 6.00. The van der Waals surface area contributed by atoms with Gasteiger partial charge in [0.2, 0.25) is 0 Å². The van der Waals surface area contributed by atoms with Crippen LogP contribution >= 0.6 is 0 Å². The fraction of sp³-hybridized carbons (Fsp3) is 0.636. The summed E-state index contributed by atoms with van der Waals surface area (Å²) in [5, 5.41) is 11.7. The van der Waals surface area contributed by atoms with E-state index >= 15 is 8.78 Å². The maximum Gasteiger partial charge on any atom is 0.336 e. The van der Waals surface area contributed by atoms with E-state index in [4.69, 9.17) is 25.4 Å². The van der Waals surface area contributed by atoms with Crippen molar-refractivity contribution in [1.29, 1.82) is 0 Å². The second kappa shape index (κ2) is 8.96. The Morgan fingerprint density at radius 3 is 2.30 bits per heavy atom. The van der Waals surface area contributed by atoms with E-state index < -0.39 is 28.5 Å². The molecule has 40 heavy (non-hydrogen) atoms. The third-order valence-electron chi connectivity index (χ3n) is 11.2. The lowest BCUT2D eigenvalue weighted by Gasteiger charge is -2.55. The van der Waals surface area contributed by atoms with E-state index in [0.717, 1.165) is 36.8 Å². The predicted octanol–water partition coefficient (Wildman–Crippen LogP) is 5.98. The molecule has 1 N–H and O–H groups in total. The number of alkyl halides is 2. The topological polar surface area (TPSA) is 57.2 Å². The molecule has 214 valence electrons. The minimum absolute atomic E-state index is 0.0106. The van der Waals surface area contributed by atoms with Crippen LogP contribution in [0.2, 0.25) is 0 Å². The van der Waals surface area contributed by atoms with Crippen LogP contribution in [0, 0.1) is 29.6 Å². The molecular formula is C33H38F2O5. The van der Waals surface area contributed by atoms with E-state index in [2.05, 4.69) is 18.2 Å². The number of fused-ring (bicyclic) bond motifs is 4. The highest BCUT2D eigenvalue weighted by molar-refractivity contribution is 5.50. The van der Waals surface area contributed by atoms with Gasteiger partial charge in [-0.25, -0.2) is 0 Å². The zero-order valence-electron chi connectivity index (χ0n) is 23.3. The molecule has 0 radical (unpaired) electrons. The van der Waals surface area contributed by atoms with Crippen LogP contribution in [0.4, 0.5) is 8.78 Å². The van der Waals surface area contributed by atoms with Gasteiger partial charge >= 0.3 is 5.92 Å². The highest BCUT2D eigenvalue weighted by Gasteiger charge is 2.71. The smallest absolute Gasteiger partial charge is 0.336 e. The molecule has 5 atom stereocenters. The van der Waals surface area contributed by atoms with Crippen molar-refractivity contribution in [3.05, 3.63) is 58.2 Å². The van der Waals surface area contributed by atoms with Gasteiger partial charge in [-0.2, -0.15) is 8.78 Å². The normalized spacial score (nSPS) is 38.0. The second-order valence-electron chi connectivity index (χ2n) is 12.9. The number of allylic oxidation sites excluding steroid dienone is 3. The summed E-state index contributed by atoms with van der Waals surface area (Å²) < 4.78 is 54.5. The van der Waals surface area contributed by atoms with E-state index in [1.54, 1.807) is 5.92 Å². The Morgan fingerprint density at radius 1 is 0.950 bits per heavy atom. The SMILES string of the molecule is C#CC(F)(F)[C@]1(O)CCC2C3CCC4=CC5(CCC4=C3C(c3ccc(C4(C)OCCO4)cc3)C[C@@]21C)OCCO5. The zero-order chi connectivity index (χ0) is 28.0. The molecule has 7 heteroatoms. The molecule has 3 unspecified atom stereocenters. The largest absolute Gasteiger partial charge is 0.382 e. The number of benzene rings is 1. The van der Waals surface area contributed by atoms with Crippen molar-refractivity contribution in [3.63, 3.8) is 0 Å². The molecule has 1 aromatic carbocycles. The van der Waals surface area contributed by atoms with Crippen molar-refractivity contribution >= 4 is 0 Å². The number of hydrogen-bond acceptors (Lipinski definition) is 5. The first-order valence-electron chi connectivity index (χ1n) is 14.7. The fourth-order valence-electron chi connectivity index (χ4n) is 9.12. The summed E-state index contributed by atoms with van der Waals surface area (Å²) in [4.78, 5) is 0. The Hall–Kier alpha value is -2.08. The summed E-state index contributed by atoms with van der Waals surface area (Å²) in [7, 11) is 0. The highest BCUT2D eigenvalue weighted by atomic mass is 19.3. The molecule has 2 saturated heterocycles. The first kappa shape index (κ1) is 26.8. The molecule has 6 aliphatic rings. The summed E-state index contributed by atoms with van der Waals surface area (Å²) in [6.45, 7) is 6.08. The lowest BCUT2D eigenvalue weighted by molar-refractivity contribution is -0.209. The van der Waals surface area contributed by atoms with Crippen LogP contribution < -0.4 is 0 Å². The molecule has 4 fully saturated rings. The van der Waals surface area contributed by atoms with Gasteiger partial charge in [0.05, 0.1) is 26.4 Å². The van der Waals surface area contributed by atoms with Crippen LogP contribution in [-0.4, -0.2) is 48.8 Å². The lowest BCUT2D eigenvalue weighted by Crippen LogP contribution is -2.60. The lowest BCUT2D eigenvalue weighted by atomic mass is 9.50. The number of aliphatic hydroxyl groups is 1. The Labute approximate surface area is 234 Å². The number of halogens is 2. The van der Waals surface area contributed by atoms with Crippen LogP contribution in [0.5, 0.6) is 0 Å². The van der Waals surface area contributed by atoms with Gasteiger partial charge in [-0.05, 0) is 86.0 Å². The number of terminal acetylenes is 1. The van der Waals surface area contributed by atoms with Gasteiger partial charge in [-0.1, -0.05) is 36.8 Å². The van der Waals surface area contributed by atoms with Crippen molar-refractivity contribution in [2.45, 2.75) is 87.8 Å². The van der Waals surface area contributed by atoms with Crippen LogP contribution in [-0.2, 0) is 24.7 Å².